The van der Waals surface area contributed by atoms with Gasteiger partial charge in [-0.3, -0.25) is 0 Å². The summed E-state index contributed by atoms with van der Waals surface area (Å²) in [5.74, 6) is 0. The smallest absolute Gasteiger partial charge is 0.255 e. The van der Waals surface area contributed by atoms with Crippen LogP contribution in [-0.4, -0.2) is 18.4 Å². The summed E-state index contributed by atoms with van der Waals surface area (Å²) in [4.78, 5) is 5.69. The lowest BCUT2D eigenvalue weighted by atomic mass is 11.0. The summed E-state index contributed by atoms with van der Waals surface area (Å²) in [6.07, 6.45) is 1.05. The molecule has 0 aromatic carbocycles. The fraction of sp³-hybridized carbons (Fsp3) is 0. The van der Waals surface area contributed by atoms with E-state index < -0.39 is 10.0 Å². The highest BCUT2D eigenvalue weighted by atomic mass is 35.5. The van der Waals surface area contributed by atoms with Crippen molar-refractivity contribution in [2.24, 2.45) is 5.14 Å². The van der Waals surface area contributed by atoms with Gasteiger partial charge in [0.25, 0.3) is 10.0 Å². The molecule has 1 aromatic heterocycles. The minimum atomic E-state index is -3.68. The van der Waals surface area contributed by atoms with Gasteiger partial charge in [-0.1, -0.05) is 0 Å². The molecule has 1 aromatic rings. The highest BCUT2D eigenvalue weighted by Gasteiger charge is 2.09. The SMILES string of the molecule is NS(=O)(=O)c1cnc(Cl)[nH]1. The number of nitrogens with two attached hydrogens (primary N) is 1. The molecule has 0 bridgehead atoms. The Morgan fingerprint density at radius 1 is 1.70 bits per heavy atom. The molecule has 7 heteroatoms. The van der Waals surface area contributed by atoms with E-state index in [4.69, 9.17) is 16.7 Å². The number of sulfonamides is 1. The first-order valence-corrected chi connectivity index (χ1v) is 4.16. The van der Waals surface area contributed by atoms with Crippen molar-refractivity contribution in [1.82, 2.24) is 9.97 Å². The Labute approximate surface area is 62.3 Å². The van der Waals surface area contributed by atoms with Gasteiger partial charge in [0, 0.05) is 0 Å². The van der Waals surface area contributed by atoms with Crippen LogP contribution in [0.3, 0.4) is 0 Å². The molecule has 3 N–H and O–H groups in total. The van der Waals surface area contributed by atoms with Crippen molar-refractivity contribution in [3.8, 4) is 0 Å². The first-order chi connectivity index (χ1) is 4.50. The predicted octanol–water partition coefficient (Wildman–Crippen LogP) is -0.289. The van der Waals surface area contributed by atoms with Gasteiger partial charge >= 0.3 is 0 Å². The van der Waals surface area contributed by atoms with E-state index in [9.17, 15) is 8.42 Å². The van der Waals surface area contributed by atoms with Crippen LogP contribution in [0.15, 0.2) is 11.2 Å². The number of halogens is 1. The number of nitrogens with zero attached hydrogens (tertiary/aromatic N) is 1. The van der Waals surface area contributed by atoms with Crippen molar-refractivity contribution in [1.29, 1.82) is 0 Å². The van der Waals surface area contributed by atoms with Crippen molar-refractivity contribution in [2.75, 3.05) is 0 Å². The lowest BCUT2D eigenvalue weighted by Gasteiger charge is -1.87. The molecule has 1 rings (SSSR count). The molecule has 0 saturated heterocycles. The van der Waals surface area contributed by atoms with Gasteiger partial charge in [0.15, 0.2) is 5.03 Å². The molecule has 0 aliphatic heterocycles. The second kappa shape index (κ2) is 2.22. The number of aromatic nitrogens is 2. The van der Waals surface area contributed by atoms with Crippen LogP contribution < -0.4 is 5.14 Å². The zero-order valence-corrected chi connectivity index (χ0v) is 6.28. The Kier molecular flexibility index (Phi) is 1.67. The van der Waals surface area contributed by atoms with Gasteiger partial charge in [0.2, 0.25) is 5.28 Å². The number of hydrogen-bond donors (Lipinski definition) is 2. The standard InChI is InChI=1S/C3H4ClN3O2S/c4-3-6-1-2(7-3)10(5,8)9/h1H,(H,6,7)(H2,5,8,9). The predicted molar refractivity (Wildman–Crippen MR) is 35.0 cm³/mol. The zero-order chi connectivity index (χ0) is 7.78. The van der Waals surface area contributed by atoms with Crippen molar-refractivity contribution in [2.45, 2.75) is 5.03 Å². The molecule has 56 valence electrons. The van der Waals surface area contributed by atoms with Crippen LogP contribution in [0, 0.1) is 0 Å². The number of rotatable bonds is 1. The number of nitrogens with one attached hydrogen (secondary N) is 1. The van der Waals surface area contributed by atoms with E-state index in [-0.39, 0.29) is 10.3 Å². The molecule has 0 aliphatic carbocycles. The molecule has 0 fully saturated rings. The minimum Gasteiger partial charge on any atom is -0.319 e. The highest BCUT2D eigenvalue weighted by Crippen LogP contribution is 2.05. The largest absolute Gasteiger partial charge is 0.319 e. The summed E-state index contributed by atoms with van der Waals surface area (Å²) in [5, 5.41) is 4.53. The quantitative estimate of drug-likeness (QED) is 0.624. The normalized spacial score (nSPS) is 11.8. The molecule has 0 spiro atoms. The summed E-state index contributed by atoms with van der Waals surface area (Å²) < 4.78 is 21.0. The molecule has 1 heterocycles. The molecular weight excluding hydrogens is 178 g/mol. The second-order valence-electron chi connectivity index (χ2n) is 1.58. The van der Waals surface area contributed by atoms with Crippen LogP contribution in [-0.2, 0) is 10.0 Å². The number of imidazole rings is 1. The molecule has 0 amide bonds. The van der Waals surface area contributed by atoms with Gasteiger partial charge in [-0.25, -0.2) is 18.5 Å². The average Bonchev–Trinajstić information content (AvgIpc) is 2.11. The number of H-pyrrole nitrogens is 1. The Balaban J connectivity index is 3.21. The van der Waals surface area contributed by atoms with Crippen molar-refractivity contribution in [3.63, 3.8) is 0 Å². The molecule has 0 atom stereocenters. The van der Waals surface area contributed by atoms with Crippen LogP contribution in [0.1, 0.15) is 0 Å². The molecule has 0 aliphatic rings. The van der Waals surface area contributed by atoms with Crippen LogP contribution in [0.2, 0.25) is 5.28 Å². The van der Waals surface area contributed by atoms with Gasteiger partial charge in [-0.05, 0) is 11.6 Å². The Hall–Kier alpha value is -0.590. The Bertz CT molecular complexity index is 329. The molecule has 0 unspecified atom stereocenters. The van der Waals surface area contributed by atoms with Crippen molar-refractivity contribution < 1.29 is 8.42 Å². The van der Waals surface area contributed by atoms with E-state index >= 15 is 0 Å². The Morgan fingerprint density at radius 2 is 2.30 bits per heavy atom. The van der Waals surface area contributed by atoms with Gasteiger partial charge in [-0.2, -0.15) is 0 Å². The maximum atomic E-state index is 10.5. The van der Waals surface area contributed by atoms with E-state index in [1.165, 1.54) is 0 Å². The summed E-state index contributed by atoms with van der Waals surface area (Å²) in [6, 6.07) is 0. The molecule has 10 heavy (non-hydrogen) atoms. The third-order valence-corrected chi connectivity index (χ3v) is 1.84. The summed E-state index contributed by atoms with van der Waals surface area (Å²) in [6.45, 7) is 0. The average molecular weight is 182 g/mol. The molecular formula is C3H4ClN3O2S. The van der Waals surface area contributed by atoms with Gasteiger partial charge in [0.1, 0.15) is 0 Å². The fourth-order valence-corrected chi connectivity index (χ4v) is 1.07. The van der Waals surface area contributed by atoms with E-state index in [0.717, 1.165) is 6.20 Å². The first-order valence-electron chi connectivity index (χ1n) is 2.23. The van der Waals surface area contributed by atoms with E-state index in [1.54, 1.807) is 0 Å². The maximum Gasteiger partial charge on any atom is 0.255 e. The number of hydrogen-bond acceptors (Lipinski definition) is 3. The zero-order valence-electron chi connectivity index (χ0n) is 4.70. The maximum absolute atomic E-state index is 10.5. The lowest BCUT2D eigenvalue weighted by Crippen LogP contribution is -2.12. The molecule has 0 saturated carbocycles. The van der Waals surface area contributed by atoms with Gasteiger partial charge in [-0.15, -0.1) is 0 Å². The third kappa shape index (κ3) is 1.47. The lowest BCUT2D eigenvalue weighted by molar-refractivity contribution is 0.595. The molecule has 5 nitrogen and oxygen atoms in total. The fourth-order valence-electron chi connectivity index (χ4n) is 0.426. The number of aromatic amines is 1. The van der Waals surface area contributed by atoms with Crippen LogP contribution in [0.5, 0.6) is 0 Å². The summed E-state index contributed by atoms with van der Waals surface area (Å²) >= 11 is 5.28. The van der Waals surface area contributed by atoms with E-state index in [0.29, 0.717) is 0 Å². The summed E-state index contributed by atoms with van der Waals surface area (Å²) in [5.41, 5.74) is 0. The Morgan fingerprint density at radius 3 is 2.50 bits per heavy atom. The van der Waals surface area contributed by atoms with Crippen LogP contribution >= 0.6 is 11.6 Å². The van der Waals surface area contributed by atoms with Crippen LogP contribution in [0.4, 0.5) is 0 Å². The van der Waals surface area contributed by atoms with Crippen molar-refractivity contribution in [3.05, 3.63) is 11.5 Å². The highest BCUT2D eigenvalue weighted by molar-refractivity contribution is 7.89. The van der Waals surface area contributed by atoms with E-state index in [1.807, 2.05) is 0 Å². The minimum absolute atomic E-state index is 0.00373. The third-order valence-electron chi connectivity index (χ3n) is 0.828. The van der Waals surface area contributed by atoms with Gasteiger partial charge < -0.3 is 4.98 Å². The first kappa shape index (κ1) is 7.52. The van der Waals surface area contributed by atoms with Crippen molar-refractivity contribution >= 4 is 21.6 Å². The van der Waals surface area contributed by atoms with Gasteiger partial charge in [0.05, 0.1) is 6.20 Å². The number of primary sulfonamides is 1. The molecule has 0 radical (unpaired) electrons. The monoisotopic (exact) mass is 181 g/mol. The topological polar surface area (TPSA) is 88.8 Å². The second-order valence-corrected chi connectivity index (χ2v) is 3.47. The van der Waals surface area contributed by atoms with Crippen LogP contribution in [0.25, 0.3) is 0 Å². The summed E-state index contributed by atoms with van der Waals surface area (Å²) in [7, 11) is -3.68. The van der Waals surface area contributed by atoms with E-state index in [2.05, 4.69) is 9.97 Å².